The summed E-state index contributed by atoms with van der Waals surface area (Å²) >= 11 is 5.62. The van der Waals surface area contributed by atoms with Crippen LogP contribution in [0.15, 0.2) is 12.1 Å². The van der Waals surface area contributed by atoms with Crippen LogP contribution in [0.5, 0.6) is 17.2 Å². The molecule has 0 bridgehead atoms. The van der Waals surface area contributed by atoms with E-state index in [4.69, 9.17) is 31.2 Å². The van der Waals surface area contributed by atoms with Gasteiger partial charge >= 0.3 is 6.09 Å². The van der Waals surface area contributed by atoms with Gasteiger partial charge in [0.05, 0.1) is 27.9 Å². The highest BCUT2D eigenvalue weighted by atomic mass is 32.1. The molecule has 31 heavy (non-hydrogen) atoms. The van der Waals surface area contributed by atoms with E-state index in [0.717, 1.165) is 38.0 Å². The summed E-state index contributed by atoms with van der Waals surface area (Å²) in [6, 6.07) is 4.01. The third-order valence-electron chi connectivity index (χ3n) is 5.78. The number of hydrogen-bond acceptors (Lipinski definition) is 6. The molecule has 2 saturated heterocycles. The Kier molecular flexibility index (Phi) is 7.35. The number of methoxy groups -OCH3 is 3. The first-order chi connectivity index (χ1) is 14.8. The van der Waals surface area contributed by atoms with E-state index >= 15 is 0 Å². The lowest BCUT2D eigenvalue weighted by atomic mass is 9.91. The number of nitrogens with zero attached hydrogens (tertiary/aromatic N) is 2. The normalized spacial score (nSPS) is 18.9. The van der Waals surface area contributed by atoms with Gasteiger partial charge in [-0.2, -0.15) is 0 Å². The van der Waals surface area contributed by atoms with Crippen molar-refractivity contribution in [1.82, 2.24) is 15.1 Å². The minimum atomic E-state index is -0.194. The lowest BCUT2D eigenvalue weighted by molar-refractivity contribution is -0.0134. The van der Waals surface area contributed by atoms with Crippen molar-refractivity contribution in [2.75, 3.05) is 47.6 Å². The first-order valence-corrected chi connectivity index (χ1v) is 10.9. The quantitative estimate of drug-likeness (QED) is 0.662. The summed E-state index contributed by atoms with van der Waals surface area (Å²) in [5.41, 5.74) is 0.965. The number of thiocarbonyl (C=S) groups is 1. The number of carbonyl (C=O) groups is 1. The van der Waals surface area contributed by atoms with Gasteiger partial charge in [0.1, 0.15) is 0 Å². The molecular weight excluding hydrogens is 418 g/mol. The third-order valence-corrected chi connectivity index (χ3v) is 6.18. The summed E-state index contributed by atoms with van der Waals surface area (Å²) in [6.45, 7) is 7.62. The van der Waals surface area contributed by atoms with Gasteiger partial charge in [0.15, 0.2) is 16.6 Å². The fourth-order valence-corrected chi connectivity index (χ4v) is 4.35. The van der Waals surface area contributed by atoms with E-state index in [1.807, 2.05) is 17.0 Å². The van der Waals surface area contributed by atoms with Gasteiger partial charge in [-0.3, -0.25) is 0 Å². The van der Waals surface area contributed by atoms with Gasteiger partial charge in [-0.05, 0) is 42.8 Å². The number of cyclic esters (lactones) is 1. The summed E-state index contributed by atoms with van der Waals surface area (Å²) in [5, 5.41) is 4.03. The van der Waals surface area contributed by atoms with Crippen molar-refractivity contribution in [3.8, 4) is 17.2 Å². The molecule has 0 atom stereocenters. The lowest BCUT2D eigenvalue weighted by Gasteiger charge is -2.44. The first-order valence-electron chi connectivity index (χ1n) is 10.5. The average Bonchev–Trinajstić information content (AvgIpc) is 2.78. The molecule has 0 spiro atoms. The largest absolute Gasteiger partial charge is 0.493 e. The minimum absolute atomic E-state index is 0.0115. The number of piperidine rings is 1. The topological polar surface area (TPSA) is 72.5 Å². The Morgan fingerprint density at radius 2 is 1.77 bits per heavy atom. The number of carbonyl (C=O) groups excluding carboxylic acids is 1. The molecule has 9 heteroatoms. The first kappa shape index (κ1) is 23.2. The molecule has 0 saturated carbocycles. The standard InChI is InChI=1S/C22H33N3O5S/c1-22(2)13-25(21(26)30-14-22)16-6-8-24(9-7-16)20(31)23-12-15-10-17(27-3)19(29-5)18(11-15)28-4/h10-11,16H,6-9,12-14H2,1-5H3,(H,23,31). The molecule has 1 amide bonds. The zero-order valence-corrected chi connectivity index (χ0v) is 19.8. The van der Waals surface area contributed by atoms with Gasteiger partial charge in [0, 0.05) is 37.6 Å². The Balaban J connectivity index is 1.54. The van der Waals surface area contributed by atoms with Crippen molar-refractivity contribution < 1.29 is 23.7 Å². The van der Waals surface area contributed by atoms with Crippen molar-refractivity contribution in [3.05, 3.63) is 17.7 Å². The molecule has 1 aromatic rings. The number of benzene rings is 1. The highest BCUT2D eigenvalue weighted by Crippen LogP contribution is 2.38. The average molecular weight is 452 g/mol. The number of rotatable bonds is 6. The minimum Gasteiger partial charge on any atom is -0.493 e. The highest BCUT2D eigenvalue weighted by molar-refractivity contribution is 7.80. The van der Waals surface area contributed by atoms with E-state index in [1.165, 1.54) is 0 Å². The Hall–Kier alpha value is -2.42. The van der Waals surface area contributed by atoms with Crippen molar-refractivity contribution in [2.24, 2.45) is 5.41 Å². The summed E-state index contributed by atoms with van der Waals surface area (Å²) < 4.78 is 21.6. The molecular formula is C22H33N3O5S. The number of amides is 1. The molecule has 2 fully saturated rings. The Bertz CT molecular complexity index is 783. The van der Waals surface area contributed by atoms with Crippen LogP contribution in [0, 0.1) is 5.41 Å². The van der Waals surface area contributed by atoms with Crippen molar-refractivity contribution >= 4 is 23.4 Å². The van der Waals surface area contributed by atoms with E-state index in [0.29, 0.717) is 35.5 Å². The molecule has 2 aliphatic rings. The summed E-state index contributed by atoms with van der Waals surface area (Å²) in [5.74, 6) is 1.79. The van der Waals surface area contributed by atoms with Crippen molar-refractivity contribution in [1.29, 1.82) is 0 Å². The van der Waals surface area contributed by atoms with E-state index in [-0.39, 0.29) is 17.6 Å². The lowest BCUT2D eigenvalue weighted by Crippen LogP contribution is -2.55. The summed E-state index contributed by atoms with van der Waals surface area (Å²) in [6.07, 6.45) is 1.55. The summed E-state index contributed by atoms with van der Waals surface area (Å²) in [4.78, 5) is 16.3. The second-order valence-electron chi connectivity index (χ2n) is 8.76. The van der Waals surface area contributed by atoms with Crippen LogP contribution in [0.4, 0.5) is 4.79 Å². The molecule has 2 heterocycles. The van der Waals surface area contributed by atoms with Gasteiger partial charge in [-0.25, -0.2) is 4.79 Å². The SMILES string of the molecule is COc1cc(CNC(=S)N2CCC(N3CC(C)(C)COC3=O)CC2)cc(OC)c1OC. The Morgan fingerprint density at radius 3 is 2.32 bits per heavy atom. The van der Waals surface area contributed by atoms with E-state index < -0.39 is 0 Å². The second kappa shape index (κ2) is 9.80. The maximum absolute atomic E-state index is 12.2. The molecule has 0 aromatic heterocycles. The zero-order chi connectivity index (χ0) is 22.6. The van der Waals surface area contributed by atoms with Gasteiger partial charge in [-0.1, -0.05) is 13.8 Å². The van der Waals surface area contributed by atoms with E-state index in [2.05, 4.69) is 24.1 Å². The smallest absolute Gasteiger partial charge is 0.410 e. The van der Waals surface area contributed by atoms with E-state index in [1.54, 1.807) is 21.3 Å². The number of nitrogens with one attached hydrogen (secondary N) is 1. The molecule has 3 rings (SSSR count). The van der Waals surface area contributed by atoms with Crippen LogP contribution in [0.1, 0.15) is 32.3 Å². The fraction of sp³-hybridized carbons (Fsp3) is 0.636. The monoisotopic (exact) mass is 451 g/mol. The van der Waals surface area contributed by atoms with Crippen LogP contribution in [-0.4, -0.2) is 74.6 Å². The highest BCUT2D eigenvalue weighted by Gasteiger charge is 2.38. The second-order valence-corrected chi connectivity index (χ2v) is 9.14. The predicted octanol–water partition coefficient (Wildman–Crippen LogP) is 3.03. The van der Waals surface area contributed by atoms with Crippen molar-refractivity contribution in [3.63, 3.8) is 0 Å². The van der Waals surface area contributed by atoms with Crippen LogP contribution < -0.4 is 19.5 Å². The van der Waals surface area contributed by atoms with Crippen LogP contribution >= 0.6 is 12.2 Å². The van der Waals surface area contributed by atoms with E-state index in [9.17, 15) is 4.79 Å². The molecule has 0 radical (unpaired) electrons. The fourth-order valence-electron chi connectivity index (χ4n) is 4.10. The van der Waals surface area contributed by atoms with Gasteiger partial charge in [-0.15, -0.1) is 0 Å². The van der Waals surface area contributed by atoms with Gasteiger partial charge < -0.3 is 34.1 Å². The van der Waals surface area contributed by atoms with Gasteiger partial charge in [0.25, 0.3) is 0 Å². The molecule has 0 aliphatic carbocycles. The maximum Gasteiger partial charge on any atom is 0.410 e. The number of hydrogen-bond donors (Lipinski definition) is 1. The predicted molar refractivity (Wildman–Crippen MR) is 122 cm³/mol. The number of ether oxygens (including phenoxy) is 4. The van der Waals surface area contributed by atoms with Crippen LogP contribution in [0.2, 0.25) is 0 Å². The zero-order valence-electron chi connectivity index (χ0n) is 19.0. The van der Waals surface area contributed by atoms with Gasteiger partial charge in [0.2, 0.25) is 5.75 Å². The Labute approximate surface area is 189 Å². The molecule has 1 N–H and O–H groups in total. The van der Waals surface area contributed by atoms with Crippen LogP contribution in [0.3, 0.4) is 0 Å². The maximum atomic E-state index is 12.2. The Morgan fingerprint density at radius 1 is 1.16 bits per heavy atom. The molecule has 8 nitrogen and oxygen atoms in total. The molecule has 2 aliphatic heterocycles. The third kappa shape index (κ3) is 5.44. The van der Waals surface area contributed by atoms with Crippen LogP contribution in [0.25, 0.3) is 0 Å². The van der Waals surface area contributed by atoms with Crippen molar-refractivity contribution in [2.45, 2.75) is 39.3 Å². The molecule has 0 unspecified atom stereocenters. The molecule has 1 aromatic carbocycles. The summed E-state index contributed by atoms with van der Waals surface area (Å²) in [7, 11) is 4.78. The number of likely N-dealkylation sites (tertiary alicyclic amines) is 1. The van der Waals surface area contributed by atoms with Crippen LogP contribution in [-0.2, 0) is 11.3 Å². The molecule has 172 valence electrons.